The van der Waals surface area contributed by atoms with Crippen molar-refractivity contribution >= 4 is 50.7 Å². The molecule has 0 amide bonds. The Labute approximate surface area is 235 Å². The Kier molecular flexibility index (Phi) is 6.87. The Bertz CT molecular complexity index is 1570. The highest BCUT2D eigenvalue weighted by Gasteiger charge is 2.39. The molecule has 12 heteroatoms. The third-order valence-corrected chi connectivity index (χ3v) is 9.26. The van der Waals surface area contributed by atoms with Crippen LogP contribution in [0.25, 0.3) is 21.5 Å². The molecular formula is C27H22Cl2F2N2O5S. The van der Waals surface area contributed by atoms with Crippen LogP contribution in [-0.2, 0) is 16.9 Å². The van der Waals surface area contributed by atoms with Crippen LogP contribution >= 0.6 is 34.5 Å². The molecule has 0 unspecified atom stereocenters. The molecule has 0 radical (unpaired) electrons. The van der Waals surface area contributed by atoms with Crippen LogP contribution in [0.4, 0.5) is 8.78 Å². The number of ether oxygens (including phenoxy) is 1. The molecule has 0 atom stereocenters. The van der Waals surface area contributed by atoms with E-state index in [4.69, 9.17) is 37.6 Å². The number of carbonyl (C=O) groups is 1. The fourth-order valence-corrected chi connectivity index (χ4v) is 6.80. The second kappa shape index (κ2) is 10.1. The van der Waals surface area contributed by atoms with E-state index < -0.39 is 28.8 Å². The molecule has 0 aliphatic heterocycles. The van der Waals surface area contributed by atoms with Gasteiger partial charge in [0.1, 0.15) is 33.4 Å². The average Bonchev–Trinajstić information content (AvgIpc) is 3.50. The normalized spacial score (nSPS) is 21.5. The van der Waals surface area contributed by atoms with Gasteiger partial charge >= 0.3 is 5.97 Å². The van der Waals surface area contributed by atoms with Crippen LogP contribution in [0, 0.1) is 11.6 Å². The standard InChI is InChI=1S/C27H22Cl2F2N2O5S/c28-15-2-1-3-16(29)19(15)22-14(23(38-33-22)12-4-5-12)11-37-13-6-8-27(36,9-7-13)26-32-18-10-17(30)20(25(34)35)21(31)24(18)39-26/h1-3,10,12-13,36H,4-9,11H2,(H,34,35)/t13-,27+. The van der Waals surface area contributed by atoms with Gasteiger partial charge in [0.2, 0.25) is 0 Å². The molecular weight excluding hydrogens is 573 g/mol. The Morgan fingerprint density at radius 3 is 2.51 bits per heavy atom. The van der Waals surface area contributed by atoms with Crippen LogP contribution in [-0.4, -0.2) is 32.4 Å². The lowest BCUT2D eigenvalue weighted by Gasteiger charge is -2.34. The number of aromatic carboxylic acids is 1. The highest BCUT2D eigenvalue weighted by atomic mass is 35.5. The van der Waals surface area contributed by atoms with Crippen molar-refractivity contribution in [1.82, 2.24) is 10.1 Å². The monoisotopic (exact) mass is 594 g/mol. The third kappa shape index (κ3) is 4.82. The number of aliphatic hydroxyl groups is 1. The maximum absolute atomic E-state index is 14.7. The molecule has 6 rings (SSSR count). The molecule has 0 spiro atoms. The predicted octanol–water partition coefficient (Wildman–Crippen LogP) is 7.46. The quantitative estimate of drug-likeness (QED) is 0.229. The van der Waals surface area contributed by atoms with Crippen LogP contribution < -0.4 is 0 Å². The van der Waals surface area contributed by atoms with Crippen LogP contribution in [0.1, 0.15) is 71.1 Å². The van der Waals surface area contributed by atoms with Crippen LogP contribution in [0.15, 0.2) is 28.8 Å². The fourth-order valence-electron chi connectivity index (χ4n) is 5.09. The first-order valence-corrected chi connectivity index (χ1v) is 14.0. The fraction of sp³-hybridized carbons (Fsp3) is 0.370. The molecule has 7 nitrogen and oxygen atoms in total. The highest BCUT2D eigenvalue weighted by Crippen LogP contribution is 2.47. The van der Waals surface area contributed by atoms with Crippen LogP contribution in [0.2, 0.25) is 10.0 Å². The zero-order chi connectivity index (χ0) is 27.5. The summed E-state index contributed by atoms with van der Waals surface area (Å²) in [7, 11) is 0. The number of halogens is 4. The summed E-state index contributed by atoms with van der Waals surface area (Å²) in [6, 6.07) is 6.13. The lowest BCUT2D eigenvalue weighted by atomic mass is 9.83. The number of carboxylic acids is 1. The van der Waals surface area contributed by atoms with Crippen molar-refractivity contribution in [2.24, 2.45) is 0 Å². The lowest BCUT2D eigenvalue weighted by Crippen LogP contribution is -2.34. The Balaban J connectivity index is 1.19. The van der Waals surface area contributed by atoms with Crippen molar-refractivity contribution in [3.8, 4) is 11.3 Å². The molecule has 2 fully saturated rings. The van der Waals surface area contributed by atoms with Gasteiger partial charge in [-0.1, -0.05) is 34.4 Å². The van der Waals surface area contributed by atoms with Crippen LogP contribution in [0.3, 0.4) is 0 Å². The number of hydrogen-bond acceptors (Lipinski definition) is 7. The smallest absolute Gasteiger partial charge is 0.341 e. The maximum Gasteiger partial charge on any atom is 0.341 e. The second-order valence-corrected chi connectivity index (χ2v) is 11.8. The van der Waals surface area contributed by atoms with Crippen molar-refractivity contribution < 1.29 is 33.0 Å². The van der Waals surface area contributed by atoms with Gasteiger partial charge in [-0.25, -0.2) is 18.6 Å². The number of rotatable bonds is 7. The summed E-state index contributed by atoms with van der Waals surface area (Å²) in [5, 5.41) is 25.9. The minimum Gasteiger partial charge on any atom is -0.477 e. The SMILES string of the molecule is O=C(O)c1c(F)cc2nc([C@]3(O)CC[C@@H](OCc4c(-c5c(Cl)cccc5Cl)noc4C4CC4)CC3)sc2c1F. The molecule has 2 saturated carbocycles. The Hall–Kier alpha value is -2.63. The molecule has 2 aromatic carbocycles. The second-order valence-electron chi connectivity index (χ2n) is 10.0. The Morgan fingerprint density at radius 2 is 1.87 bits per heavy atom. The summed E-state index contributed by atoms with van der Waals surface area (Å²) >= 11 is 13.7. The van der Waals surface area contributed by atoms with Gasteiger partial charge in [0.25, 0.3) is 0 Å². The van der Waals surface area contributed by atoms with E-state index in [1.807, 2.05) is 0 Å². The minimum atomic E-state index is -1.70. The summed E-state index contributed by atoms with van der Waals surface area (Å²) in [5.41, 5.74) is -0.442. The van der Waals surface area contributed by atoms with E-state index in [0.29, 0.717) is 34.1 Å². The number of thiazole rings is 1. The van der Waals surface area contributed by atoms with E-state index in [1.165, 1.54) is 0 Å². The van der Waals surface area contributed by atoms with Gasteiger partial charge in [0.05, 0.1) is 33.0 Å². The van der Waals surface area contributed by atoms with Crippen molar-refractivity contribution in [2.45, 2.75) is 62.8 Å². The lowest BCUT2D eigenvalue weighted by molar-refractivity contribution is -0.0640. The van der Waals surface area contributed by atoms with Gasteiger partial charge in [-0.15, -0.1) is 11.3 Å². The number of hydrogen-bond donors (Lipinski definition) is 2. The molecule has 2 heterocycles. The zero-order valence-electron chi connectivity index (χ0n) is 20.3. The molecule has 204 valence electrons. The summed E-state index contributed by atoms with van der Waals surface area (Å²) in [6.45, 7) is 0.235. The van der Waals surface area contributed by atoms with Crippen molar-refractivity contribution in [3.05, 3.63) is 67.8 Å². The van der Waals surface area contributed by atoms with Gasteiger partial charge in [-0.2, -0.15) is 0 Å². The number of fused-ring (bicyclic) bond motifs is 1. The Morgan fingerprint density at radius 1 is 1.18 bits per heavy atom. The summed E-state index contributed by atoms with van der Waals surface area (Å²) in [6.07, 6.45) is 3.41. The van der Waals surface area contributed by atoms with E-state index in [1.54, 1.807) is 18.2 Å². The van der Waals surface area contributed by atoms with Crippen LogP contribution in [0.5, 0.6) is 0 Å². The first-order chi connectivity index (χ1) is 18.7. The highest BCUT2D eigenvalue weighted by molar-refractivity contribution is 7.18. The molecule has 4 aromatic rings. The number of aromatic nitrogens is 2. The van der Waals surface area contributed by atoms with Crippen molar-refractivity contribution in [2.75, 3.05) is 0 Å². The van der Waals surface area contributed by atoms with Gasteiger partial charge in [0.15, 0.2) is 5.82 Å². The maximum atomic E-state index is 14.7. The molecule has 2 aliphatic rings. The molecule has 2 N–H and O–H groups in total. The summed E-state index contributed by atoms with van der Waals surface area (Å²) < 4.78 is 40.7. The molecule has 2 aromatic heterocycles. The first-order valence-electron chi connectivity index (χ1n) is 12.5. The first kappa shape index (κ1) is 26.6. The molecule has 0 saturated heterocycles. The van der Waals surface area contributed by atoms with Crippen molar-refractivity contribution in [3.63, 3.8) is 0 Å². The average molecular weight is 595 g/mol. The number of carboxylic acid groups (broad SMARTS) is 1. The van der Waals surface area contributed by atoms with E-state index in [0.717, 1.165) is 41.6 Å². The van der Waals surface area contributed by atoms with E-state index in [-0.39, 0.29) is 46.7 Å². The largest absolute Gasteiger partial charge is 0.477 e. The number of benzene rings is 2. The van der Waals surface area contributed by atoms with E-state index in [9.17, 15) is 18.7 Å². The van der Waals surface area contributed by atoms with Gasteiger partial charge in [0, 0.05) is 23.1 Å². The van der Waals surface area contributed by atoms with E-state index >= 15 is 0 Å². The zero-order valence-corrected chi connectivity index (χ0v) is 22.7. The topological polar surface area (TPSA) is 106 Å². The predicted molar refractivity (Wildman–Crippen MR) is 141 cm³/mol. The third-order valence-electron chi connectivity index (χ3n) is 7.38. The summed E-state index contributed by atoms with van der Waals surface area (Å²) in [5.74, 6) is -3.02. The molecule has 2 aliphatic carbocycles. The van der Waals surface area contributed by atoms with Crippen molar-refractivity contribution in [1.29, 1.82) is 0 Å². The molecule has 39 heavy (non-hydrogen) atoms. The molecule has 0 bridgehead atoms. The van der Waals surface area contributed by atoms with Gasteiger partial charge in [-0.3, -0.25) is 0 Å². The summed E-state index contributed by atoms with van der Waals surface area (Å²) in [4.78, 5) is 15.5. The van der Waals surface area contributed by atoms with E-state index in [2.05, 4.69) is 10.1 Å². The number of nitrogens with zero attached hydrogens (tertiary/aromatic N) is 2. The minimum absolute atomic E-state index is 0.0207. The van der Waals surface area contributed by atoms with Gasteiger partial charge < -0.3 is 19.5 Å². The van der Waals surface area contributed by atoms with Gasteiger partial charge in [-0.05, 0) is 50.7 Å².